The Bertz CT molecular complexity index is 1110. The lowest BCUT2D eigenvalue weighted by molar-refractivity contribution is 0.0739. The number of rotatable bonds is 5. The van der Waals surface area contributed by atoms with Gasteiger partial charge in [0.15, 0.2) is 0 Å². The second-order valence-electron chi connectivity index (χ2n) is 8.36. The number of nitrogens with zero attached hydrogens (tertiary/aromatic N) is 2. The number of aromatic nitrogens is 2. The van der Waals surface area contributed by atoms with Gasteiger partial charge >= 0.3 is 5.97 Å². The highest BCUT2D eigenvalue weighted by Gasteiger charge is 2.23. The molecule has 0 N–H and O–H groups in total. The van der Waals surface area contributed by atoms with Crippen LogP contribution >= 0.6 is 11.3 Å². The van der Waals surface area contributed by atoms with Crippen LogP contribution in [0.3, 0.4) is 0 Å². The first-order valence-corrected chi connectivity index (χ1v) is 11.6. The van der Waals surface area contributed by atoms with Gasteiger partial charge in [0.1, 0.15) is 15.5 Å². The third-order valence-electron chi connectivity index (χ3n) is 6.30. The lowest BCUT2D eigenvalue weighted by Gasteiger charge is -2.28. The Morgan fingerprint density at radius 2 is 1.90 bits per heavy atom. The molecule has 0 radical (unpaired) electrons. The number of thiophene rings is 1. The fourth-order valence-electron chi connectivity index (χ4n) is 4.56. The van der Waals surface area contributed by atoms with Crippen LogP contribution in [0.2, 0.25) is 0 Å². The SMILES string of the molecule is CCCC1CCC(c2ccc(OC(=O)c3sc4ncn(C)c(=O)c4c3C)cc2)CC1. The average molecular weight is 425 g/mol. The summed E-state index contributed by atoms with van der Waals surface area (Å²) < 4.78 is 7.03. The predicted octanol–water partition coefficient (Wildman–Crippen LogP) is 5.60. The molecule has 0 spiro atoms. The van der Waals surface area contributed by atoms with Crippen LogP contribution in [-0.2, 0) is 7.05 Å². The standard InChI is InChI=1S/C24H28N2O3S/c1-4-5-16-6-8-17(9-7-16)18-10-12-19(13-11-18)29-24(28)21-15(2)20-22(30-21)25-14-26(3)23(20)27/h10-14,16-17H,4-9H2,1-3H3. The molecule has 3 aromatic rings. The lowest BCUT2D eigenvalue weighted by atomic mass is 9.77. The third kappa shape index (κ3) is 4.06. The Morgan fingerprint density at radius 3 is 2.57 bits per heavy atom. The van der Waals surface area contributed by atoms with Gasteiger partial charge < -0.3 is 9.30 Å². The van der Waals surface area contributed by atoms with E-state index in [1.54, 1.807) is 14.0 Å². The van der Waals surface area contributed by atoms with Crippen LogP contribution in [0.4, 0.5) is 0 Å². The van der Waals surface area contributed by atoms with Gasteiger partial charge in [-0.3, -0.25) is 4.79 Å². The molecule has 1 aliphatic carbocycles. The van der Waals surface area contributed by atoms with Gasteiger partial charge in [-0.25, -0.2) is 9.78 Å². The largest absolute Gasteiger partial charge is 0.422 e. The van der Waals surface area contributed by atoms with E-state index in [4.69, 9.17) is 4.74 Å². The number of benzene rings is 1. The highest BCUT2D eigenvalue weighted by molar-refractivity contribution is 7.20. The van der Waals surface area contributed by atoms with Crippen molar-refractivity contribution in [3.63, 3.8) is 0 Å². The normalized spacial score (nSPS) is 19.2. The van der Waals surface area contributed by atoms with E-state index < -0.39 is 5.97 Å². The molecule has 0 aliphatic heterocycles. The van der Waals surface area contributed by atoms with E-state index in [1.807, 2.05) is 12.1 Å². The summed E-state index contributed by atoms with van der Waals surface area (Å²) in [5, 5.41) is 0.492. The van der Waals surface area contributed by atoms with Crippen LogP contribution < -0.4 is 10.3 Å². The number of hydrogen-bond acceptors (Lipinski definition) is 5. The molecule has 158 valence electrons. The zero-order chi connectivity index (χ0) is 21.3. The monoisotopic (exact) mass is 424 g/mol. The number of ether oxygens (including phenoxy) is 1. The second kappa shape index (κ2) is 8.72. The molecule has 1 saturated carbocycles. The Hall–Kier alpha value is -2.47. The first-order chi connectivity index (χ1) is 14.5. The van der Waals surface area contributed by atoms with Gasteiger partial charge in [-0.15, -0.1) is 11.3 Å². The van der Waals surface area contributed by atoms with Gasteiger partial charge in [0, 0.05) is 7.05 Å². The first kappa shape index (κ1) is 20.8. The van der Waals surface area contributed by atoms with Crippen molar-refractivity contribution in [2.45, 2.75) is 58.3 Å². The fourth-order valence-corrected chi connectivity index (χ4v) is 5.57. The molecule has 4 rings (SSSR count). The summed E-state index contributed by atoms with van der Waals surface area (Å²) in [4.78, 5) is 30.4. The Kier molecular flexibility index (Phi) is 6.04. The van der Waals surface area contributed by atoms with E-state index in [0.717, 1.165) is 5.92 Å². The number of carbonyl (C=O) groups excluding carboxylic acids is 1. The predicted molar refractivity (Wildman–Crippen MR) is 121 cm³/mol. The molecule has 2 aromatic heterocycles. The Balaban J connectivity index is 1.46. The van der Waals surface area contributed by atoms with Gasteiger partial charge in [0.2, 0.25) is 0 Å². The van der Waals surface area contributed by atoms with Gasteiger partial charge in [-0.05, 0) is 67.7 Å². The molecule has 0 saturated heterocycles. The molecular weight excluding hydrogens is 396 g/mol. The zero-order valence-electron chi connectivity index (χ0n) is 17.8. The molecule has 5 nitrogen and oxygen atoms in total. The Labute approximate surface area is 180 Å². The molecule has 0 atom stereocenters. The first-order valence-electron chi connectivity index (χ1n) is 10.7. The van der Waals surface area contributed by atoms with Crippen LogP contribution in [0.5, 0.6) is 5.75 Å². The van der Waals surface area contributed by atoms with E-state index >= 15 is 0 Å². The maximum absolute atomic E-state index is 12.7. The van der Waals surface area contributed by atoms with Crippen LogP contribution in [0, 0.1) is 12.8 Å². The average Bonchev–Trinajstić information content (AvgIpc) is 3.09. The lowest BCUT2D eigenvalue weighted by Crippen LogP contribution is -2.17. The van der Waals surface area contributed by atoms with Crippen molar-refractivity contribution in [2.75, 3.05) is 0 Å². The van der Waals surface area contributed by atoms with Gasteiger partial charge in [0.05, 0.1) is 11.7 Å². The van der Waals surface area contributed by atoms with E-state index in [2.05, 4.69) is 24.0 Å². The zero-order valence-corrected chi connectivity index (χ0v) is 18.6. The summed E-state index contributed by atoms with van der Waals surface area (Å²) >= 11 is 1.21. The van der Waals surface area contributed by atoms with Crippen LogP contribution in [0.15, 0.2) is 35.4 Å². The van der Waals surface area contributed by atoms with Crippen molar-refractivity contribution < 1.29 is 9.53 Å². The van der Waals surface area contributed by atoms with Crippen molar-refractivity contribution in [1.29, 1.82) is 0 Å². The van der Waals surface area contributed by atoms with Crippen LogP contribution in [0.25, 0.3) is 10.2 Å². The number of fused-ring (bicyclic) bond motifs is 1. The van der Waals surface area contributed by atoms with Gasteiger partial charge in [0.25, 0.3) is 5.56 Å². The summed E-state index contributed by atoms with van der Waals surface area (Å²) in [7, 11) is 1.65. The molecule has 0 amide bonds. The summed E-state index contributed by atoms with van der Waals surface area (Å²) in [6.45, 7) is 4.04. The summed E-state index contributed by atoms with van der Waals surface area (Å²) in [6, 6.07) is 7.93. The van der Waals surface area contributed by atoms with Crippen LogP contribution in [0.1, 0.15) is 72.2 Å². The van der Waals surface area contributed by atoms with Crippen LogP contribution in [-0.4, -0.2) is 15.5 Å². The van der Waals surface area contributed by atoms with Crippen molar-refractivity contribution >= 4 is 27.5 Å². The minimum Gasteiger partial charge on any atom is -0.422 e. The second-order valence-corrected chi connectivity index (χ2v) is 9.36. The van der Waals surface area contributed by atoms with E-state index in [1.165, 1.54) is 66.3 Å². The number of hydrogen-bond donors (Lipinski definition) is 0. The quantitative estimate of drug-likeness (QED) is 0.395. The molecule has 30 heavy (non-hydrogen) atoms. The molecular formula is C24H28N2O3S. The number of esters is 1. The van der Waals surface area contributed by atoms with Gasteiger partial charge in [-0.2, -0.15) is 0 Å². The number of aryl methyl sites for hydroxylation is 2. The maximum atomic E-state index is 12.7. The smallest absolute Gasteiger partial charge is 0.354 e. The summed E-state index contributed by atoms with van der Waals surface area (Å²) in [5.74, 6) is 1.59. The molecule has 6 heteroatoms. The maximum Gasteiger partial charge on any atom is 0.354 e. The topological polar surface area (TPSA) is 61.2 Å². The highest BCUT2D eigenvalue weighted by Crippen LogP contribution is 2.38. The number of carbonyl (C=O) groups is 1. The van der Waals surface area contributed by atoms with Crippen molar-refractivity contribution in [3.05, 3.63) is 57.0 Å². The van der Waals surface area contributed by atoms with E-state index in [0.29, 0.717) is 32.3 Å². The highest BCUT2D eigenvalue weighted by atomic mass is 32.1. The molecule has 0 unspecified atom stereocenters. The summed E-state index contributed by atoms with van der Waals surface area (Å²) in [5.41, 5.74) is 1.82. The molecule has 1 fully saturated rings. The third-order valence-corrected chi connectivity index (χ3v) is 7.48. The van der Waals surface area contributed by atoms with E-state index in [9.17, 15) is 9.59 Å². The van der Waals surface area contributed by atoms with Crippen molar-refractivity contribution in [1.82, 2.24) is 9.55 Å². The minimum atomic E-state index is -0.439. The Morgan fingerprint density at radius 1 is 1.20 bits per heavy atom. The van der Waals surface area contributed by atoms with E-state index in [-0.39, 0.29) is 5.56 Å². The fraction of sp³-hybridized carbons (Fsp3) is 0.458. The minimum absolute atomic E-state index is 0.147. The molecule has 1 aromatic carbocycles. The van der Waals surface area contributed by atoms with Crippen molar-refractivity contribution in [2.24, 2.45) is 13.0 Å². The summed E-state index contributed by atoms with van der Waals surface area (Å²) in [6.07, 6.45) is 9.21. The van der Waals surface area contributed by atoms with Gasteiger partial charge in [-0.1, -0.05) is 31.9 Å². The molecule has 2 heterocycles. The molecule has 1 aliphatic rings. The molecule has 0 bridgehead atoms. The van der Waals surface area contributed by atoms with Crippen molar-refractivity contribution in [3.8, 4) is 5.75 Å².